The van der Waals surface area contributed by atoms with E-state index in [2.05, 4.69) is 35.8 Å². The Morgan fingerprint density at radius 2 is 1.33 bits per heavy atom. The number of aromatic amines is 1. The molecule has 0 fully saturated rings. The van der Waals surface area contributed by atoms with Crippen molar-refractivity contribution in [3.63, 3.8) is 0 Å². The Bertz CT molecular complexity index is 704. The largest absolute Gasteiger partial charge is 0.288 e. The van der Waals surface area contributed by atoms with Gasteiger partial charge in [0.05, 0.1) is 17.6 Å². The second kappa shape index (κ2) is 4.63. The van der Waals surface area contributed by atoms with E-state index in [4.69, 9.17) is 0 Å². The summed E-state index contributed by atoms with van der Waals surface area (Å²) in [5, 5.41) is 25.9. The van der Waals surface area contributed by atoms with Crippen LogP contribution in [0.1, 0.15) is 0 Å². The molecule has 0 atom stereocenters. The molecule has 0 saturated heterocycles. The SMILES string of the molecule is c1c(-c2cn[nH]n2)cc(-n2cnnc2)cc1-n1cnnc1. The monoisotopic (exact) mass is 279 g/mol. The summed E-state index contributed by atoms with van der Waals surface area (Å²) in [6, 6.07) is 5.94. The third-order valence-electron chi connectivity index (χ3n) is 3.05. The predicted molar refractivity (Wildman–Crippen MR) is 71.7 cm³/mol. The van der Waals surface area contributed by atoms with Crippen LogP contribution in [0.25, 0.3) is 22.6 Å². The quantitative estimate of drug-likeness (QED) is 0.590. The first kappa shape index (κ1) is 11.5. The topological polar surface area (TPSA) is 103 Å². The van der Waals surface area contributed by atoms with Crippen molar-refractivity contribution in [3.05, 3.63) is 49.7 Å². The molecule has 0 spiro atoms. The number of hydrogen-bond acceptors (Lipinski definition) is 6. The summed E-state index contributed by atoms with van der Waals surface area (Å²) in [5.74, 6) is 0. The summed E-state index contributed by atoms with van der Waals surface area (Å²) in [6.07, 6.45) is 8.21. The van der Waals surface area contributed by atoms with Gasteiger partial charge in [-0.25, -0.2) is 0 Å². The van der Waals surface area contributed by atoms with Gasteiger partial charge < -0.3 is 0 Å². The molecule has 0 saturated carbocycles. The van der Waals surface area contributed by atoms with Crippen LogP contribution in [0.5, 0.6) is 0 Å². The van der Waals surface area contributed by atoms with Crippen molar-refractivity contribution in [2.45, 2.75) is 0 Å². The molecule has 9 nitrogen and oxygen atoms in total. The Kier molecular flexibility index (Phi) is 2.53. The molecular formula is C12H9N9. The summed E-state index contributed by atoms with van der Waals surface area (Å²) in [4.78, 5) is 0. The fourth-order valence-corrected chi connectivity index (χ4v) is 2.05. The van der Waals surface area contributed by atoms with Gasteiger partial charge in [0.2, 0.25) is 0 Å². The zero-order chi connectivity index (χ0) is 14.1. The van der Waals surface area contributed by atoms with Crippen LogP contribution in [0.15, 0.2) is 49.7 Å². The summed E-state index contributed by atoms with van der Waals surface area (Å²) < 4.78 is 3.63. The van der Waals surface area contributed by atoms with Crippen molar-refractivity contribution < 1.29 is 0 Å². The molecule has 0 bridgehead atoms. The molecule has 3 aromatic heterocycles. The van der Waals surface area contributed by atoms with Crippen molar-refractivity contribution in [2.24, 2.45) is 0 Å². The lowest BCUT2D eigenvalue weighted by Crippen LogP contribution is -1.97. The highest BCUT2D eigenvalue weighted by atomic mass is 15.3. The molecule has 3 heterocycles. The maximum atomic E-state index is 4.11. The first-order chi connectivity index (χ1) is 10.4. The second-order valence-electron chi connectivity index (χ2n) is 4.33. The Labute approximate surface area is 118 Å². The molecule has 0 amide bonds. The number of nitrogens with zero attached hydrogens (tertiary/aromatic N) is 8. The van der Waals surface area contributed by atoms with E-state index >= 15 is 0 Å². The number of nitrogens with one attached hydrogen (secondary N) is 1. The van der Waals surface area contributed by atoms with Gasteiger partial charge in [0.25, 0.3) is 0 Å². The van der Waals surface area contributed by atoms with Crippen molar-refractivity contribution in [3.8, 4) is 22.6 Å². The third-order valence-corrected chi connectivity index (χ3v) is 3.05. The van der Waals surface area contributed by atoms with Gasteiger partial charge in [-0.05, 0) is 18.2 Å². The molecule has 1 aromatic carbocycles. The fraction of sp³-hybridized carbons (Fsp3) is 0. The van der Waals surface area contributed by atoms with Crippen LogP contribution in [0.2, 0.25) is 0 Å². The lowest BCUT2D eigenvalue weighted by atomic mass is 10.1. The Morgan fingerprint density at radius 3 is 1.81 bits per heavy atom. The molecule has 0 radical (unpaired) electrons. The minimum absolute atomic E-state index is 0.749. The predicted octanol–water partition coefficient (Wildman–Crippen LogP) is 0.633. The third kappa shape index (κ3) is 2.06. The van der Waals surface area contributed by atoms with Crippen molar-refractivity contribution >= 4 is 0 Å². The molecule has 4 aromatic rings. The molecule has 0 aliphatic heterocycles. The van der Waals surface area contributed by atoms with Crippen LogP contribution in [0.3, 0.4) is 0 Å². The fourth-order valence-electron chi connectivity index (χ4n) is 2.05. The zero-order valence-electron chi connectivity index (χ0n) is 10.7. The molecule has 102 valence electrons. The second-order valence-corrected chi connectivity index (χ2v) is 4.33. The average molecular weight is 279 g/mol. The zero-order valence-corrected chi connectivity index (χ0v) is 10.7. The van der Waals surface area contributed by atoms with E-state index in [0.717, 1.165) is 22.6 Å². The van der Waals surface area contributed by atoms with Crippen LogP contribution in [-0.4, -0.2) is 44.9 Å². The van der Waals surface area contributed by atoms with E-state index in [1.807, 2.05) is 27.3 Å². The standard InChI is InChI=1S/C12H9N9/c1-9(12-4-13-19-18-12)2-11(21-7-16-17-8-21)3-10(1)20-5-14-15-6-20/h1-8H,(H,13,18,19). The highest BCUT2D eigenvalue weighted by Crippen LogP contribution is 2.23. The summed E-state index contributed by atoms with van der Waals surface area (Å²) in [5.41, 5.74) is 3.48. The Morgan fingerprint density at radius 1 is 0.762 bits per heavy atom. The van der Waals surface area contributed by atoms with E-state index in [-0.39, 0.29) is 0 Å². The lowest BCUT2D eigenvalue weighted by molar-refractivity contribution is 0.941. The summed E-state index contributed by atoms with van der Waals surface area (Å²) in [7, 11) is 0. The van der Waals surface area contributed by atoms with Crippen molar-refractivity contribution in [2.75, 3.05) is 0 Å². The van der Waals surface area contributed by atoms with E-state index < -0.39 is 0 Å². The molecule has 21 heavy (non-hydrogen) atoms. The molecular weight excluding hydrogens is 270 g/mol. The van der Waals surface area contributed by atoms with Gasteiger partial charge in [-0.3, -0.25) is 9.13 Å². The molecule has 0 aliphatic carbocycles. The van der Waals surface area contributed by atoms with Crippen LogP contribution < -0.4 is 0 Å². The number of H-pyrrole nitrogens is 1. The summed E-state index contributed by atoms with van der Waals surface area (Å²) in [6.45, 7) is 0. The van der Waals surface area contributed by atoms with Gasteiger partial charge in [0, 0.05) is 5.56 Å². The number of hydrogen-bond donors (Lipinski definition) is 1. The minimum atomic E-state index is 0.749. The Balaban J connectivity index is 1.92. The Hall–Kier alpha value is -3.36. The van der Waals surface area contributed by atoms with E-state index in [9.17, 15) is 0 Å². The average Bonchev–Trinajstić information content (AvgIpc) is 3.29. The lowest BCUT2D eigenvalue weighted by Gasteiger charge is -2.08. The molecule has 0 unspecified atom stereocenters. The highest BCUT2D eigenvalue weighted by Gasteiger charge is 2.08. The van der Waals surface area contributed by atoms with E-state index in [0.29, 0.717) is 0 Å². The van der Waals surface area contributed by atoms with Crippen molar-refractivity contribution in [1.29, 1.82) is 0 Å². The van der Waals surface area contributed by atoms with Gasteiger partial charge in [0.1, 0.15) is 31.0 Å². The summed E-state index contributed by atoms with van der Waals surface area (Å²) >= 11 is 0. The van der Waals surface area contributed by atoms with Crippen LogP contribution >= 0.6 is 0 Å². The maximum Gasteiger partial charge on any atom is 0.123 e. The first-order valence-electron chi connectivity index (χ1n) is 6.11. The van der Waals surface area contributed by atoms with E-state index in [1.165, 1.54) is 0 Å². The molecule has 9 heteroatoms. The highest BCUT2D eigenvalue weighted by molar-refractivity contribution is 5.65. The van der Waals surface area contributed by atoms with Gasteiger partial charge in [-0.1, -0.05) is 0 Å². The van der Waals surface area contributed by atoms with Crippen LogP contribution in [0.4, 0.5) is 0 Å². The van der Waals surface area contributed by atoms with Gasteiger partial charge in [-0.2, -0.15) is 15.4 Å². The van der Waals surface area contributed by atoms with Gasteiger partial charge in [-0.15, -0.1) is 20.4 Å². The number of rotatable bonds is 3. The van der Waals surface area contributed by atoms with Gasteiger partial charge in [0.15, 0.2) is 0 Å². The smallest absolute Gasteiger partial charge is 0.123 e. The maximum absolute atomic E-state index is 4.11. The van der Waals surface area contributed by atoms with Crippen LogP contribution in [0, 0.1) is 0 Å². The molecule has 1 N–H and O–H groups in total. The van der Waals surface area contributed by atoms with Crippen molar-refractivity contribution in [1.82, 2.24) is 44.9 Å². The van der Waals surface area contributed by atoms with Crippen LogP contribution in [-0.2, 0) is 0 Å². The number of aromatic nitrogens is 9. The minimum Gasteiger partial charge on any atom is -0.288 e. The number of benzene rings is 1. The van der Waals surface area contributed by atoms with E-state index in [1.54, 1.807) is 31.5 Å². The van der Waals surface area contributed by atoms with Gasteiger partial charge >= 0.3 is 0 Å². The first-order valence-corrected chi connectivity index (χ1v) is 6.11. The molecule has 0 aliphatic rings. The normalized spacial score (nSPS) is 10.9. The molecule has 4 rings (SSSR count).